The molecule has 16 nitrogen and oxygen atoms in total. The van der Waals surface area contributed by atoms with Gasteiger partial charge >= 0.3 is 12.3 Å². The second kappa shape index (κ2) is 52.6. The predicted molar refractivity (Wildman–Crippen MR) is 417 cm³/mol. The zero-order chi connectivity index (χ0) is 81.0. The van der Waals surface area contributed by atoms with Crippen LogP contribution in [0.1, 0.15) is 141 Å². The summed E-state index contributed by atoms with van der Waals surface area (Å²) in [5.41, 5.74) is 16.1. The van der Waals surface area contributed by atoms with Gasteiger partial charge in [0.1, 0.15) is 34.9 Å². The summed E-state index contributed by atoms with van der Waals surface area (Å²) in [7, 11) is 5.07. The molecule has 0 saturated carbocycles. The molecule has 8 rings (SSSR count). The zero-order valence-electron chi connectivity index (χ0n) is 61.1. The number of hydrogen-bond donors (Lipinski definition) is 10. The maximum atomic E-state index is 13.1. The fraction of sp³-hybridized carbons (Fsp3) is 0.370. The van der Waals surface area contributed by atoms with Crippen LogP contribution in [0.5, 0.6) is 0 Å². The molecule has 596 valence electrons. The molecule has 0 bridgehead atoms. The first kappa shape index (κ1) is 95.6. The van der Waals surface area contributed by atoms with Crippen LogP contribution in [-0.2, 0) is 10.9 Å². The summed E-state index contributed by atoms with van der Waals surface area (Å²) in [5.74, 6) is -2.29. The minimum Gasteiger partial charge on any atom is -0.450 e. The molecule has 8 aromatic rings. The lowest BCUT2D eigenvalue weighted by molar-refractivity contribution is -0.137. The molecular formula is C81H98Br3F9N6O10. The zero-order valence-corrected chi connectivity index (χ0v) is 65.9. The monoisotopic (exact) mass is 1720 g/mol. The highest BCUT2D eigenvalue weighted by molar-refractivity contribution is 9.11. The molecule has 0 fully saturated rings. The number of aliphatic hydroxyl groups is 6. The molecule has 5 unspecified atom stereocenters. The van der Waals surface area contributed by atoms with Crippen LogP contribution in [0, 0.1) is 34.9 Å². The van der Waals surface area contributed by atoms with Gasteiger partial charge in [0.2, 0.25) is 0 Å². The Morgan fingerprint density at radius 1 is 0.413 bits per heavy atom. The number of aliphatic hydroxyl groups excluding tert-OH is 6. The molecule has 6 atom stereocenters. The van der Waals surface area contributed by atoms with Gasteiger partial charge in [0.15, 0.2) is 0 Å². The molecule has 0 spiro atoms. The lowest BCUT2D eigenvalue weighted by Gasteiger charge is -2.25. The summed E-state index contributed by atoms with van der Waals surface area (Å²) >= 11 is 9.76. The Morgan fingerprint density at radius 3 is 0.945 bits per heavy atom. The Hall–Kier alpha value is -7.58. The molecule has 0 aliphatic heterocycles. The van der Waals surface area contributed by atoms with E-state index in [1.54, 1.807) is 104 Å². The quantitative estimate of drug-likeness (QED) is 0.0182. The average Bonchev–Trinajstić information content (AvgIpc) is 0.820. The van der Waals surface area contributed by atoms with Crippen molar-refractivity contribution in [2.45, 2.75) is 87.1 Å². The van der Waals surface area contributed by atoms with Gasteiger partial charge in [-0.1, -0.05) is 121 Å². The number of halogens is 12. The lowest BCUT2D eigenvalue weighted by atomic mass is 9.95. The SMILES string of the molecule is CCOC(=O)NCC(CCO)c1ccc(F)cc1.CN(CC(CCO)c1ccc(F)cc1)C(=O)c1cc(Br)cc(Br)c1.CN(C[C@@H](CCO)c1ccc(F)cc1)C(=O)c1cc(Br)cc(C(F)(F)F)c1.CNCC(CCO)c1ccc(F)cc1.NCC(CCO)c1ccc(F)cc1.NCC(CCO)c1ccc(F)cc1. The van der Waals surface area contributed by atoms with Crippen molar-refractivity contribution in [1.29, 1.82) is 0 Å². The van der Waals surface area contributed by atoms with Crippen LogP contribution in [-0.4, -0.2) is 165 Å². The standard InChI is InChI=1S/C19H18BrF4NO2.C18H18Br2FNO2.C13H18FNO3.C11H16FNO.2C10H14FNO/c1-25(11-13(6-7-26)12-2-4-17(21)5-3-12)18(27)14-8-15(19(22,23)24)10-16(20)9-14;1-22(18(24)14-8-15(19)10-16(20)9-14)11-13(6-7-23)12-2-4-17(21)5-3-12;1-2-18-13(17)15-9-11(7-8-16)10-3-5-12(14)6-4-10;1-13-8-10(6-7-14)9-2-4-11(12)5-3-9;2*11-10-3-1-8(2-4-10)9(7-12)5-6-13/h2-5,8-10,13,26H,6-7,11H2,1H3;2-5,8-10,13,23H,6-7,11H2,1H3;3-6,11,16H,2,7-9H2,1H3,(H,15,17);2-5,10,13-14H,6-8H2,1H3;2*1-4,9,13H,5-7,12H2/t13-;;;;;/m1...../s1. The highest BCUT2D eigenvalue weighted by Gasteiger charge is 2.32. The predicted octanol–water partition coefficient (Wildman–Crippen LogP) is 15.5. The van der Waals surface area contributed by atoms with E-state index in [4.69, 9.17) is 36.6 Å². The van der Waals surface area contributed by atoms with Gasteiger partial charge in [-0.15, -0.1) is 0 Å². The van der Waals surface area contributed by atoms with Crippen LogP contribution in [0.2, 0.25) is 0 Å². The topological polar surface area (TPSA) is 264 Å². The van der Waals surface area contributed by atoms with Crippen LogP contribution in [0.3, 0.4) is 0 Å². The Labute approximate surface area is 657 Å². The van der Waals surface area contributed by atoms with Crippen LogP contribution >= 0.6 is 47.8 Å². The average molecular weight is 1730 g/mol. The number of likely N-dealkylation sites (N-methyl/N-ethyl adjacent to an activating group) is 3. The summed E-state index contributed by atoms with van der Waals surface area (Å²) in [6, 6.07) is 45.3. The van der Waals surface area contributed by atoms with Gasteiger partial charge < -0.3 is 67.3 Å². The van der Waals surface area contributed by atoms with Crippen molar-refractivity contribution in [3.8, 4) is 0 Å². The molecule has 0 radical (unpaired) electrons. The van der Waals surface area contributed by atoms with E-state index in [0.29, 0.717) is 76.9 Å². The van der Waals surface area contributed by atoms with Crippen LogP contribution in [0.25, 0.3) is 0 Å². The Balaban J connectivity index is 0.000000347. The van der Waals surface area contributed by atoms with Gasteiger partial charge in [-0.2, -0.15) is 13.2 Å². The molecule has 8 aromatic carbocycles. The minimum atomic E-state index is -4.56. The van der Waals surface area contributed by atoms with Crippen molar-refractivity contribution in [2.24, 2.45) is 11.5 Å². The molecule has 3 amide bonds. The molecule has 0 saturated heterocycles. The number of nitrogens with two attached hydrogens (primary N) is 2. The van der Waals surface area contributed by atoms with Gasteiger partial charge in [0.25, 0.3) is 11.8 Å². The van der Waals surface area contributed by atoms with Crippen molar-refractivity contribution >= 4 is 65.7 Å². The van der Waals surface area contributed by atoms with Crippen molar-refractivity contribution in [1.82, 2.24) is 20.4 Å². The number of nitrogens with one attached hydrogen (secondary N) is 2. The van der Waals surface area contributed by atoms with Crippen molar-refractivity contribution in [3.63, 3.8) is 0 Å². The van der Waals surface area contributed by atoms with E-state index in [9.17, 15) is 64.1 Å². The number of ether oxygens (including phenoxy) is 1. The third kappa shape index (κ3) is 36.4. The molecule has 12 N–H and O–H groups in total. The number of rotatable bonds is 31. The lowest BCUT2D eigenvalue weighted by Crippen LogP contribution is -2.31. The van der Waals surface area contributed by atoms with E-state index in [1.807, 2.05) is 13.1 Å². The number of alkyl halides is 3. The smallest absolute Gasteiger partial charge is 0.416 e. The summed E-state index contributed by atoms with van der Waals surface area (Å²) in [4.78, 5) is 39.4. The number of benzene rings is 8. The second-order valence-electron chi connectivity index (χ2n) is 25.0. The summed E-state index contributed by atoms with van der Waals surface area (Å²) in [6.07, 6.45) is -1.76. The van der Waals surface area contributed by atoms with Gasteiger partial charge in [-0.3, -0.25) is 9.59 Å². The molecule has 109 heavy (non-hydrogen) atoms. The first-order chi connectivity index (χ1) is 52.0. The van der Waals surface area contributed by atoms with E-state index < -0.39 is 29.6 Å². The number of alkyl carbamates (subject to hydrolysis) is 1. The van der Waals surface area contributed by atoms with Crippen LogP contribution in [0.15, 0.2) is 195 Å². The van der Waals surface area contributed by atoms with Crippen molar-refractivity contribution in [3.05, 3.63) is 280 Å². The van der Waals surface area contributed by atoms with E-state index >= 15 is 0 Å². The van der Waals surface area contributed by atoms with E-state index in [0.717, 1.165) is 61.0 Å². The molecular weight excluding hydrogens is 1630 g/mol. The van der Waals surface area contributed by atoms with Crippen molar-refractivity contribution in [2.75, 3.05) is 107 Å². The minimum absolute atomic E-state index is 0.00646. The number of hydrogen-bond acceptors (Lipinski definition) is 13. The van der Waals surface area contributed by atoms with Gasteiger partial charge in [-0.05, 0) is 226 Å². The Bertz CT molecular complexity index is 3790. The first-order valence-corrected chi connectivity index (χ1v) is 37.4. The molecule has 0 aromatic heterocycles. The third-order valence-electron chi connectivity index (χ3n) is 17.0. The highest BCUT2D eigenvalue weighted by Crippen LogP contribution is 2.33. The number of carbonyl (C=O) groups excluding carboxylic acids is 3. The summed E-state index contributed by atoms with van der Waals surface area (Å²) in [5, 5.41) is 59.6. The van der Waals surface area contributed by atoms with E-state index in [1.165, 1.54) is 90.8 Å². The fourth-order valence-corrected chi connectivity index (χ4v) is 12.9. The maximum Gasteiger partial charge on any atom is 0.416 e. The highest BCUT2D eigenvalue weighted by atomic mass is 79.9. The third-order valence-corrected chi connectivity index (χ3v) is 18.3. The number of nitrogens with zero attached hydrogens (tertiary/aromatic N) is 2. The van der Waals surface area contributed by atoms with Crippen LogP contribution < -0.4 is 22.1 Å². The molecule has 0 heterocycles. The molecule has 28 heteroatoms. The van der Waals surface area contributed by atoms with E-state index in [2.05, 4.69) is 58.4 Å². The van der Waals surface area contributed by atoms with Crippen LogP contribution in [0.4, 0.5) is 44.3 Å². The largest absolute Gasteiger partial charge is 0.450 e. The van der Waals surface area contributed by atoms with Gasteiger partial charge in [0.05, 0.1) is 12.2 Å². The van der Waals surface area contributed by atoms with Gasteiger partial charge in [0, 0.05) is 122 Å². The maximum absolute atomic E-state index is 13.1. The Morgan fingerprint density at radius 2 is 0.670 bits per heavy atom. The molecule has 0 aliphatic carbocycles. The Kier molecular flexibility index (Phi) is 46.1. The summed E-state index contributed by atoms with van der Waals surface area (Å²) < 4.78 is 122. The normalized spacial score (nSPS) is 12.5. The first-order valence-electron chi connectivity index (χ1n) is 35.0. The second-order valence-corrected chi connectivity index (χ2v) is 27.7. The number of amides is 3. The van der Waals surface area contributed by atoms with E-state index in [-0.39, 0.29) is 127 Å². The summed E-state index contributed by atoms with van der Waals surface area (Å²) in [6.45, 7) is 5.00. The van der Waals surface area contributed by atoms with Crippen molar-refractivity contribution < 1.29 is 89.3 Å². The van der Waals surface area contributed by atoms with Gasteiger partial charge in [-0.25, -0.2) is 31.1 Å². The fourth-order valence-electron chi connectivity index (χ4n) is 11.1. The number of carbonyl (C=O) groups is 3. The molecule has 0 aliphatic rings.